The van der Waals surface area contributed by atoms with Crippen LogP contribution in [0.25, 0.3) is 0 Å². The van der Waals surface area contributed by atoms with Crippen molar-refractivity contribution in [3.05, 3.63) is 12.2 Å². The summed E-state index contributed by atoms with van der Waals surface area (Å²) >= 11 is 0. The van der Waals surface area contributed by atoms with Gasteiger partial charge in [0.05, 0.1) is 27.7 Å². The quantitative estimate of drug-likeness (QED) is 0.0202. The Bertz CT molecular complexity index is 891. The zero-order valence-corrected chi connectivity index (χ0v) is 34.7. The highest BCUT2D eigenvalue weighted by molar-refractivity contribution is 7.45. The van der Waals surface area contributed by atoms with Gasteiger partial charge in [-0.3, -0.25) is 14.2 Å². The van der Waals surface area contributed by atoms with Crippen LogP contribution in [0.4, 0.5) is 0 Å². The maximum atomic E-state index is 12.6. The van der Waals surface area contributed by atoms with Gasteiger partial charge in [0.15, 0.2) is 6.10 Å². The molecule has 51 heavy (non-hydrogen) atoms. The monoisotopic (exact) mass is 746 g/mol. The maximum absolute atomic E-state index is 12.6. The van der Waals surface area contributed by atoms with Gasteiger partial charge in [-0.2, -0.15) is 0 Å². The van der Waals surface area contributed by atoms with Crippen LogP contribution in [-0.2, 0) is 32.7 Å². The third-order valence-electron chi connectivity index (χ3n) is 9.04. The molecule has 0 heterocycles. The minimum Gasteiger partial charge on any atom is -0.756 e. The van der Waals surface area contributed by atoms with E-state index in [1.165, 1.54) is 116 Å². The normalized spacial score (nSPS) is 13.8. The Morgan fingerprint density at radius 3 is 1.45 bits per heavy atom. The molecule has 302 valence electrons. The van der Waals surface area contributed by atoms with E-state index in [4.69, 9.17) is 18.5 Å². The molecule has 0 aliphatic rings. The first kappa shape index (κ1) is 49.8. The molecule has 2 atom stereocenters. The fraction of sp³-hybridized carbons (Fsp3) is 0.902. The Labute approximate surface area is 314 Å². The molecule has 0 aromatic rings. The summed E-state index contributed by atoms with van der Waals surface area (Å²) < 4.78 is 33.7. The highest BCUT2D eigenvalue weighted by atomic mass is 31.2. The van der Waals surface area contributed by atoms with E-state index in [1.54, 1.807) is 0 Å². The summed E-state index contributed by atoms with van der Waals surface area (Å²) in [7, 11) is 1.17. The van der Waals surface area contributed by atoms with E-state index in [0.717, 1.165) is 38.5 Å². The van der Waals surface area contributed by atoms with Crippen LogP contribution in [0.5, 0.6) is 0 Å². The van der Waals surface area contributed by atoms with Crippen molar-refractivity contribution in [2.75, 3.05) is 47.5 Å². The molecule has 0 fully saturated rings. The number of unbranched alkanes of at least 4 members (excludes halogenated alkanes) is 22. The van der Waals surface area contributed by atoms with Crippen LogP contribution in [-0.4, -0.2) is 70.0 Å². The standard InChI is InChI=1S/C41H80NO8P/c1-6-8-10-12-14-16-17-18-19-20-21-22-23-24-25-26-28-30-32-34-41(44)50-39(38-49-51(45,46)48-36-35-42(3,4)5)37-47-40(43)33-31-29-27-15-13-11-9-7-2/h18-19,39H,6-17,20-38H2,1-5H3/b19-18-. The van der Waals surface area contributed by atoms with Gasteiger partial charge < -0.3 is 27.9 Å². The number of nitrogens with zero attached hydrogens (tertiary/aromatic N) is 1. The van der Waals surface area contributed by atoms with Crippen molar-refractivity contribution in [3.63, 3.8) is 0 Å². The average molecular weight is 746 g/mol. The molecular formula is C41H80NO8P. The lowest BCUT2D eigenvalue weighted by atomic mass is 10.1. The molecule has 0 saturated carbocycles. The number of carbonyl (C=O) groups excluding carboxylic acids is 2. The number of esters is 2. The molecule has 0 aliphatic carbocycles. The number of quaternary nitrogens is 1. The molecule has 0 aromatic heterocycles. The minimum absolute atomic E-state index is 0.0285. The van der Waals surface area contributed by atoms with Crippen LogP contribution in [0.15, 0.2) is 12.2 Å². The Morgan fingerprint density at radius 2 is 1.00 bits per heavy atom. The van der Waals surface area contributed by atoms with E-state index in [9.17, 15) is 19.0 Å². The Balaban J connectivity index is 4.27. The van der Waals surface area contributed by atoms with Gasteiger partial charge in [-0.25, -0.2) is 0 Å². The van der Waals surface area contributed by atoms with Gasteiger partial charge in [-0.15, -0.1) is 0 Å². The van der Waals surface area contributed by atoms with Crippen molar-refractivity contribution in [1.29, 1.82) is 0 Å². The van der Waals surface area contributed by atoms with E-state index >= 15 is 0 Å². The SMILES string of the molecule is CCCCCCCC/C=C\CCCCCCCCCCCC(=O)OC(COC(=O)CCCCCCCCCC)COP(=O)([O-])OCC[N+](C)(C)C. The van der Waals surface area contributed by atoms with Crippen molar-refractivity contribution < 1.29 is 42.1 Å². The third-order valence-corrected chi connectivity index (χ3v) is 10.00. The highest BCUT2D eigenvalue weighted by Gasteiger charge is 2.21. The molecule has 0 bridgehead atoms. The zero-order chi connectivity index (χ0) is 37.9. The lowest BCUT2D eigenvalue weighted by molar-refractivity contribution is -0.870. The van der Waals surface area contributed by atoms with Gasteiger partial charge in [0, 0.05) is 12.8 Å². The molecule has 0 N–H and O–H groups in total. The molecular weight excluding hydrogens is 665 g/mol. The molecule has 0 aliphatic heterocycles. The lowest BCUT2D eigenvalue weighted by Gasteiger charge is -2.28. The summed E-state index contributed by atoms with van der Waals surface area (Å²) in [6.45, 7) is 4.19. The molecule has 0 rings (SSSR count). The zero-order valence-electron chi connectivity index (χ0n) is 33.8. The van der Waals surface area contributed by atoms with Gasteiger partial charge in [0.25, 0.3) is 7.82 Å². The van der Waals surface area contributed by atoms with E-state index in [-0.39, 0.29) is 32.0 Å². The first-order valence-corrected chi connectivity index (χ1v) is 22.4. The fourth-order valence-corrected chi connectivity index (χ4v) is 6.44. The number of likely N-dealkylation sites (N-methyl/N-ethyl adjacent to an activating group) is 1. The second-order valence-electron chi connectivity index (χ2n) is 15.4. The molecule has 9 nitrogen and oxygen atoms in total. The van der Waals surface area contributed by atoms with E-state index < -0.39 is 26.5 Å². The van der Waals surface area contributed by atoms with Crippen LogP contribution < -0.4 is 4.89 Å². The summed E-state index contributed by atoms with van der Waals surface area (Å²) in [6, 6.07) is 0. The van der Waals surface area contributed by atoms with Crippen molar-refractivity contribution in [2.24, 2.45) is 0 Å². The predicted octanol–water partition coefficient (Wildman–Crippen LogP) is 10.8. The van der Waals surface area contributed by atoms with Crippen LogP contribution in [0.2, 0.25) is 0 Å². The fourth-order valence-electron chi connectivity index (χ4n) is 5.71. The molecule has 0 radical (unpaired) electrons. The predicted molar refractivity (Wildman–Crippen MR) is 208 cm³/mol. The van der Waals surface area contributed by atoms with Gasteiger partial charge in [-0.1, -0.05) is 148 Å². The number of carbonyl (C=O) groups is 2. The van der Waals surface area contributed by atoms with E-state index in [0.29, 0.717) is 17.4 Å². The van der Waals surface area contributed by atoms with Crippen molar-refractivity contribution in [3.8, 4) is 0 Å². The molecule has 2 unspecified atom stereocenters. The molecule has 10 heteroatoms. The number of phosphoric acid groups is 1. The highest BCUT2D eigenvalue weighted by Crippen LogP contribution is 2.38. The van der Waals surface area contributed by atoms with E-state index in [2.05, 4.69) is 26.0 Å². The van der Waals surface area contributed by atoms with Gasteiger partial charge >= 0.3 is 11.9 Å². The smallest absolute Gasteiger partial charge is 0.306 e. The number of hydrogen-bond donors (Lipinski definition) is 0. The topological polar surface area (TPSA) is 111 Å². The third kappa shape index (κ3) is 38.3. The summed E-state index contributed by atoms with van der Waals surface area (Å²) in [6.07, 6.45) is 33.9. The second-order valence-corrected chi connectivity index (χ2v) is 16.8. The van der Waals surface area contributed by atoms with Crippen molar-refractivity contribution in [1.82, 2.24) is 0 Å². The number of ether oxygens (including phenoxy) is 2. The number of hydrogen-bond acceptors (Lipinski definition) is 8. The molecule has 0 spiro atoms. The molecule has 0 amide bonds. The number of phosphoric ester groups is 1. The summed E-state index contributed by atoms with van der Waals surface area (Å²) in [5.41, 5.74) is 0. The van der Waals surface area contributed by atoms with Crippen LogP contribution >= 0.6 is 7.82 Å². The van der Waals surface area contributed by atoms with Crippen molar-refractivity contribution in [2.45, 2.75) is 193 Å². The average Bonchev–Trinajstić information content (AvgIpc) is 3.07. The molecule has 0 aromatic carbocycles. The van der Waals surface area contributed by atoms with Gasteiger partial charge in [0.2, 0.25) is 0 Å². The number of rotatable bonds is 38. The van der Waals surface area contributed by atoms with Crippen LogP contribution in [0.1, 0.15) is 187 Å². The Hall–Kier alpha value is -1.25. The minimum atomic E-state index is -4.61. The van der Waals surface area contributed by atoms with Gasteiger partial charge in [-0.05, 0) is 38.5 Å². The first-order chi connectivity index (χ1) is 24.5. The number of allylic oxidation sites excluding steroid dienone is 2. The lowest BCUT2D eigenvalue weighted by Crippen LogP contribution is -2.37. The van der Waals surface area contributed by atoms with Crippen LogP contribution in [0.3, 0.4) is 0 Å². The summed E-state index contributed by atoms with van der Waals surface area (Å²) in [5.74, 6) is -0.836. The Kier molecular flexibility index (Phi) is 33.7. The first-order valence-electron chi connectivity index (χ1n) is 20.9. The maximum Gasteiger partial charge on any atom is 0.306 e. The second kappa shape index (κ2) is 34.5. The Morgan fingerprint density at radius 1 is 0.588 bits per heavy atom. The summed E-state index contributed by atoms with van der Waals surface area (Å²) in [5, 5.41) is 0. The molecule has 0 saturated heterocycles. The largest absolute Gasteiger partial charge is 0.756 e. The van der Waals surface area contributed by atoms with Crippen LogP contribution in [0, 0.1) is 0 Å². The van der Waals surface area contributed by atoms with Gasteiger partial charge in [0.1, 0.15) is 19.8 Å². The van der Waals surface area contributed by atoms with E-state index in [1.807, 2.05) is 21.1 Å². The van der Waals surface area contributed by atoms with Crippen molar-refractivity contribution >= 4 is 19.8 Å². The summed E-state index contributed by atoms with van der Waals surface area (Å²) in [4.78, 5) is 37.3.